The van der Waals surface area contributed by atoms with Crippen molar-refractivity contribution in [3.8, 4) is 0 Å². The van der Waals surface area contributed by atoms with Crippen LogP contribution in [-0.2, 0) is 4.57 Å². The Bertz CT molecular complexity index is 618. The Labute approximate surface area is 130 Å². The van der Waals surface area contributed by atoms with Gasteiger partial charge in [0.25, 0.3) is 0 Å². The third-order valence-electron chi connectivity index (χ3n) is 6.45. The number of fused-ring (bicyclic) bond motifs is 1. The molecule has 5 unspecified atom stereocenters. The van der Waals surface area contributed by atoms with E-state index in [1.54, 1.807) is 16.7 Å². The van der Waals surface area contributed by atoms with Crippen molar-refractivity contribution < 1.29 is 19.2 Å². The highest BCUT2D eigenvalue weighted by Crippen LogP contribution is 2.60. The predicted octanol–water partition coefficient (Wildman–Crippen LogP) is 3.33. The molecular weight excluding hydrogens is 299 g/mol. The zero-order chi connectivity index (χ0) is 15.5. The summed E-state index contributed by atoms with van der Waals surface area (Å²) < 4.78 is 8.88. The van der Waals surface area contributed by atoms with Crippen molar-refractivity contribution >= 4 is 7.82 Å². The minimum Gasteiger partial charge on any atom is -0.303 e. The Kier molecular flexibility index (Phi) is 3.50. The van der Waals surface area contributed by atoms with Crippen LogP contribution >= 0.6 is 7.82 Å². The molecule has 3 N–H and O–H groups in total. The second-order valence-corrected chi connectivity index (χ2v) is 8.42. The summed E-state index contributed by atoms with van der Waals surface area (Å²) in [6, 6.07) is 0. The zero-order valence-corrected chi connectivity index (χ0v) is 13.5. The van der Waals surface area contributed by atoms with Gasteiger partial charge in [-0.3, -0.25) is 0 Å². The maximum absolute atomic E-state index is 8.88. The number of rotatable bonds is 0. The fourth-order valence-electron chi connectivity index (χ4n) is 5.79. The van der Waals surface area contributed by atoms with Gasteiger partial charge in [0.05, 0.1) is 0 Å². The first-order valence-electron chi connectivity index (χ1n) is 8.33. The molecule has 8 bridgehead atoms. The van der Waals surface area contributed by atoms with Crippen LogP contribution in [0.15, 0.2) is 34.9 Å². The summed E-state index contributed by atoms with van der Waals surface area (Å²) in [7, 11) is -4.64. The lowest BCUT2D eigenvalue weighted by molar-refractivity contribution is 0.0594. The van der Waals surface area contributed by atoms with E-state index in [4.69, 9.17) is 19.2 Å². The van der Waals surface area contributed by atoms with Gasteiger partial charge in [0.15, 0.2) is 0 Å². The molecule has 0 spiro atoms. The lowest BCUT2D eigenvalue weighted by Gasteiger charge is -2.47. The Hall–Kier alpha value is -0.670. The average Bonchev–Trinajstić information content (AvgIpc) is 2.93. The van der Waals surface area contributed by atoms with Crippen molar-refractivity contribution in [1.29, 1.82) is 0 Å². The number of allylic oxidation sites excluding steroid dienone is 6. The molecule has 0 aliphatic heterocycles. The molecule has 4 fully saturated rings. The summed E-state index contributed by atoms with van der Waals surface area (Å²) in [5.41, 5.74) is 5.17. The fourth-order valence-corrected chi connectivity index (χ4v) is 5.79. The molecular formula is C17H23O4P. The fraction of sp³-hybridized carbons (Fsp3) is 0.647. The van der Waals surface area contributed by atoms with Crippen molar-refractivity contribution in [1.82, 2.24) is 0 Å². The van der Waals surface area contributed by atoms with E-state index in [1.807, 2.05) is 0 Å². The molecule has 120 valence electrons. The van der Waals surface area contributed by atoms with Crippen LogP contribution in [0.5, 0.6) is 0 Å². The van der Waals surface area contributed by atoms with Crippen LogP contribution in [-0.4, -0.2) is 14.7 Å². The number of phosphoric acid groups is 1. The Morgan fingerprint density at radius 3 is 2.45 bits per heavy atom. The van der Waals surface area contributed by atoms with Crippen LogP contribution < -0.4 is 0 Å². The molecule has 4 nitrogen and oxygen atoms in total. The van der Waals surface area contributed by atoms with E-state index in [-0.39, 0.29) is 0 Å². The highest BCUT2D eigenvalue weighted by molar-refractivity contribution is 7.45. The molecule has 0 radical (unpaired) electrons. The van der Waals surface area contributed by atoms with E-state index in [1.165, 1.54) is 38.5 Å². The average molecular weight is 322 g/mol. The van der Waals surface area contributed by atoms with Crippen molar-refractivity contribution in [3.05, 3.63) is 34.9 Å². The SMILES string of the molecule is C1=C2C3=CC=C2C2CCC4CC3CCC4C2C1.O=P(O)(O)O. The van der Waals surface area contributed by atoms with Crippen molar-refractivity contribution in [2.75, 3.05) is 0 Å². The minimum absolute atomic E-state index is 0.909. The van der Waals surface area contributed by atoms with Gasteiger partial charge in [-0.2, -0.15) is 0 Å². The minimum atomic E-state index is -4.64. The molecule has 22 heavy (non-hydrogen) atoms. The maximum Gasteiger partial charge on any atom is 0.466 e. The summed E-state index contributed by atoms with van der Waals surface area (Å²) in [4.78, 5) is 21.6. The Morgan fingerprint density at radius 1 is 0.955 bits per heavy atom. The summed E-state index contributed by atoms with van der Waals surface area (Å²) in [5, 5.41) is 0. The molecule has 0 aromatic heterocycles. The maximum atomic E-state index is 8.88. The van der Waals surface area contributed by atoms with Crippen molar-refractivity contribution in [3.63, 3.8) is 0 Å². The molecule has 4 saturated carbocycles. The molecule has 0 saturated heterocycles. The van der Waals surface area contributed by atoms with E-state index >= 15 is 0 Å². The first-order chi connectivity index (χ1) is 10.4. The van der Waals surface area contributed by atoms with E-state index in [0.29, 0.717) is 0 Å². The number of hydrogen-bond donors (Lipinski definition) is 3. The molecule has 8 rings (SSSR count). The molecule has 0 aromatic carbocycles. The van der Waals surface area contributed by atoms with E-state index in [2.05, 4.69) is 18.2 Å². The molecule has 5 atom stereocenters. The van der Waals surface area contributed by atoms with Crippen LogP contribution in [0.4, 0.5) is 0 Å². The summed E-state index contributed by atoms with van der Waals surface area (Å²) in [6.45, 7) is 0. The molecule has 0 aromatic rings. The van der Waals surface area contributed by atoms with Gasteiger partial charge in [0, 0.05) is 0 Å². The lowest BCUT2D eigenvalue weighted by Crippen LogP contribution is -2.38. The second kappa shape index (κ2) is 5.17. The van der Waals surface area contributed by atoms with E-state index in [9.17, 15) is 0 Å². The van der Waals surface area contributed by atoms with Gasteiger partial charge in [-0.15, -0.1) is 0 Å². The van der Waals surface area contributed by atoms with Gasteiger partial charge in [0.2, 0.25) is 0 Å². The van der Waals surface area contributed by atoms with Gasteiger partial charge >= 0.3 is 7.82 Å². The van der Waals surface area contributed by atoms with Crippen LogP contribution in [0.3, 0.4) is 0 Å². The quantitative estimate of drug-likeness (QED) is 0.598. The standard InChI is InChI=1S/C17H20.H3O4P/c1-3-12-11-2-4-16-14(12)7-8-15-13(10(1)9-11)5-6-17(15)16;1-5(2,3)4/h5-6,8,10-12,14,16H,1-4,7,9H2;(H3,1,2,3,4). The van der Waals surface area contributed by atoms with Crippen LogP contribution in [0.1, 0.15) is 38.5 Å². The largest absolute Gasteiger partial charge is 0.466 e. The molecule has 8 aliphatic rings. The molecule has 5 heteroatoms. The van der Waals surface area contributed by atoms with Crippen LogP contribution in [0.2, 0.25) is 0 Å². The first kappa shape index (κ1) is 14.9. The second-order valence-electron chi connectivity index (χ2n) is 7.39. The smallest absolute Gasteiger partial charge is 0.303 e. The van der Waals surface area contributed by atoms with Crippen LogP contribution in [0, 0.1) is 29.6 Å². The summed E-state index contributed by atoms with van der Waals surface area (Å²) >= 11 is 0. The topological polar surface area (TPSA) is 77.8 Å². The highest BCUT2D eigenvalue weighted by Gasteiger charge is 2.48. The summed E-state index contributed by atoms with van der Waals surface area (Å²) in [6.07, 6.45) is 16.5. The highest BCUT2D eigenvalue weighted by atomic mass is 31.2. The number of hydrogen-bond acceptors (Lipinski definition) is 1. The molecule has 0 amide bonds. The first-order valence-corrected chi connectivity index (χ1v) is 9.89. The van der Waals surface area contributed by atoms with Gasteiger partial charge in [0.1, 0.15) is 0 Å². The molecule has 8 aliphatic carbocycles. The summed E-state index contributed by atoms with van der Waals surface area (Å²) in [5.74, 6) is 5.00. The Morgan fingerprint density at radius 2 is 1.68 bits per heavy atom. The third-order valence-corrected chi connectivity index (χ3v) is 6.45. The monoisotopic (exact) mass is 322 g/mol. The Balaban J connectivity index is 0.000000222. The van der Waals surface area contributed by atoms with E-state index < -0.39 is 7.82 Å². The zero-order valence-electron chi connectivity index (χ0n) is 12.6. The van der Waals surface area contributed by atoms with Gasteiger partial charge < -0.3 is 14.7 Å². The molecule has 0 heterocycles. The normalized spacial score (nSPS) is 40.9. The van der Waals surface area contributed by atoms with Crippen molar-refractivity contribution in [2.24, 2.45) is 29.6 Å². The lowest BCUT2D eigenvalue weighted by atomic mass is 9.58. The van der Waals surface area contributed by atoms with Gasteiger partial charge in [-0.25, -0.2) is 4.57 Å². The van der Waals surface area contributed by atoms with Gasteiger partial charge in [-0.05, 0) is 84.8 Å². The van der Waals surface area contributed by atoms with E-state index in [0.717, 1.165) is 29.6 Å². The van der Waals surface area contributed by atoms with Crippen molar-refractivity contribution in [2.45, 2.75) is 38.5 Å². The van der Waals surface area contributed by atoms with Gasteiger partial charge in [-0.1, -0.05) is 18.2 Å². The predicted molar refractivity (Wildman–Crippen MR) is 83.7 cm³/mol. The third kappa shape index (κ3) is 2.46. The van der Waals surface area contributed by atoms with Crippen LogP contribution in [0.25, 0.3) is 0 Å².